The van der Waals surface area contributed by atoms with Crippen LogP contribution in [0.25, 0.3) is 0 Å². The molecule has 1 aliphatic rings. The number of likely N-dealkylation sites (N-methyl/N-ethyl adjacent to an activating group) is 1. The number of anilines is 1. The lowest BCUT2D eigenvalue weighted by atomic mass is 10.1. The van der Waals surface area contributed by atoms with Crippen LogP contribution in [0.1, 0.15) is 5.56 Å². The second-order valence-electron chi connectivity index (χ2n) is 6.56. The van der Waals surface area contributed by atoms with Crippen molar-refractivity contribution >= 4 is 34.8 Å². The second kappa shape index (κ2) is 9.31. The van der Waals surface area contributed by atoms with Crippen molar-refractivity contribution in [3.05, 3.63) is 58.1 Å². The third-order valence-electron chi connectivity index (χ3n) is 4.56. The number of halogens is 2. The van der Waals surface area contributed by atoms with Crippen molar-refractivity contribution in [2.75, 3.05) is 44.7 Å². The molecule has 1 heterocycles. The predicted molar refractivity (Wildman–Crippen MR) is 110 cm³/mol. The molecule has 144 valence electrons. The van der Waals surface area contributed by atoms with Gasteiger partial charge in [-0.3, -0.25) is 4.79 Å². The van der Waals surface area contributed by atoms with Crippen molar-refractivity contribution in [3.8, 4) is 5.75 Å². The van der Waals surface area contributed by atoms with Crippen molar-refractivity contribution in [2.45, 2.75) is 6.54 Å². The molecular weight excluding hydrogens is 385 g/mol. The number of hydrogen-bond donors (Lipinski definition) is 1. The Kier molecular flexibility index (Phi) is 6.83. The van der Waals surface area contributed by atoms with E-state index in [9.17, 15) is 4.79 Å². The van der Waals surface area contributed by atoms with Gasteiger partial charge in [-0.15, -0.1) is 0 Å². The maximum absolute atomic E-state index is 12.2. The minimum Gasteiger partial charge on any atom is -0.482 e. The number of rotatable bonds is 6. The Morgan fingerprint density at radius 2 is 1.85 bits per heavy atom. The molecule has 1 saturated heterocycles. The van der Waals surface area contributed by atoms with Gasteiger partial charge in [-0.1, -0.05) is 41.4 Å². The summed E-state index contributed by atoms with van der Waals surface area (Å²) in [6.45, 7) is 4.41. The maximum Gasteiger partial charge on any atom is 0.258 e. The fourth-order valence-corrected chi connectivity index (χ4v) is 3.46. The summed E-state index contributed by atoms with van der Waals surface area (Å²) >= 11 is 11.9. The van der Waals surface area contributed by atoms with E-state index in [0.717, 1.165) is 31.7 Å². The molecule has 2 aromatic carbocycles. The van der Waals surface area contributed by atoms with Crippen LogP contribution in [0, 0.1) is 0 Å². The van der Waals surface area contributed by atoms with E-state index in [2.05, 4.69) is 28.2 Å². The zero-order valence-corrected chi connectivity index (χ0v) is 16.8. The van der Waals surface area contributed by atoms with Crippen molar-refractivity contribution in [2.24, 2.45) is 0 Å². The van der Waals surface area contributed by atoms with Gasteiger partial charge in [0.1, 0.15) is 5.75 Å². The van der Waals surface area contributed by atoms with E-state index in [4.69, 9.17) is 27.9 Å². The number of carbonyl (C=O) groups is 1. The molecule has 3 rings (SSSR count). The smallest absolute Gasteiger partial charge is 0.258 e. The van der Waals surface area contributed by atoms with Gasteiger partial charge in [0.15, 0.2) is 6.61 Å². The van der Waals surface area contributed by atoms with Gasteiger partial charge in [-0.2, -0.15) is 0 Å². The molecule has 0 radical (unpaired) electrons. The lowest BCUT2D eigenvalue weighted by Gasteiger charge is -2.35. The highest BCUT2D eigenvalue weighted by Gasteiger charge is 2.17. The summed E-state index contributed by atoms with van der Waals surface area (Å²) in [5.41, 5.74) is 2.27. The highest BCUT2D eigenvalue weighted by Crippen LogP contribution is 2.27. The maximum atomic E-state index is 12.2. The first-order chi connectivity index (χ1) is 13.0. The van der Waals surface area contributed by atoms with E-state index in [1.807, 2.05) is 18.2 Å². The Balaban J connectivity index is 1.54. The monoisotopic (exact) mass is 407 g/mol. The zero-order valence-electron chi connectivity index (χ0n) is 15.3. The average molecular weight is 408 g/mol. The molecule has 5 nitrogen and oxygen atoms in total. The largest absolute Gasteiger partial charge is 0.482 e. The number of piperazine rings is 1. The zero-order chi connectivity index (χ0) is 19.2. The summed E-state index contributed by atoms with van der Waals surface area (Å²) in [7, 11) is 2.14. The van der Waals surface area contributed by atoms with E-state index in [1.54, 1.807) is 18.2 Å². The first-order valence-electron chi connectivity index (χ1n) is 8.89. The number of nitrogens with one attached hydrogen (secondary N) is 1. The molecule has 27 heavy (non-hydrogen) atoms. The summed E-state index contributed by atoms with van der Waals surface area (Å²) in [6, 6.07) is 13.1. The van der Waals surface area contributed by atoms with Crippen molar-refractivity contribution in [1.29, 1.82) is 0 Å². The van der Waals surface area contributed by atoms with E-state index in [0.29, 0.717) is 22.3 Å². The SMILES string of the molecule is CN1CCN(c2ccccc2CNC(=O)COc2ccc(Cl)cc2Cl)CC1. The molecule has 0 unspecified atom stereocenters. The topological polar surface area (TPSA) is 44.8 Å². The molecule has 0 spiro atoms. The van der Waals surface area contributed by atoms with Gasteiger partial charge >= 0.3 is 0 Å². The molecule has 0 bridgehead atoms. The molecule has 2 aromatic rings. The van der Waals surface area contributed by atoms with Gasteiger partial charge in [0.25, 0.3) is 5.91 Å². The molecular formula is C20H23Cl2N3O2. The number of carbonyl (C=O) groups excluding carboxylic acids is 1. The van der Waals surface area contributed by atoms with Gasteiger partial charge in [0.2, 0.25) is 0 Å². The van der Waals surface area contributed by atoms with E-state index in [-0.39, 0.29) is 12.5 Å². The number of hydrogen-bond acceptors (Lipinski definition) is 4. The molecule has 0 saturated carbocycles. The van der Waals surface area contributed by atoms with Gasteiger partial charge in [-0.25, -0.2) is 0 Å². The normalized spacial score (nSPS) is 14.9. The molecule has 1 aliphatic heterocycles. The van der Waals surface area contributed by atoms with E-state index < -0.39 is 0 Å². The minimum absolute atomic E-state index is 0.0992. The predicted octanol–water partition coefficient (Wildman–Crippen LogP) is 3.44. The van der Waals surface area contributed by atoms with E-state index in [1.165, 1.54) is 5.69 Å². The Labute approximate surface area is 169 Å². The fraction of sp³-hybridized carbons (Fsp3) is 0.350. The highest BCUT2D eigenvalue weighted by atomic mass is 35.5. The lowest BCUT2D eigenvalue weighted by molar-refractivity contribution is -0.123. The Morgan fingerprint density at radius 3 is 2.59 bits per heavy atom. The summed E-state index contributed by atoms with van der Waals surface area (Å²) in [6.07, 6.45) is 0. The molecule has 1 fully saturated rings. The fourth-order valence-electron chi connectivity index (χ4n) is 3.00. The number of nitrogens with zero attached hydrogens (tertiary/aromatic N) is 2. The number of ether oxygens (including phenoxy) is 1. The molecule has 0 atom stereocenters. The van der Waals surface area contributed by atoms with Crippen LogP contribution in [0.2, 0.25) is 10.0 Å². The average Bonchev–Trinajstić information content (AvgIpc) is 2.66. The van der Waals surface area contributed by atoms with Gasteiger partial charge < -0.3 is 19.9 Å². The van der Waals surface area contributed by atoms with Crippen LogP contribution in [-0.4, -0.2) is 50.6 Å². The van der Waals surface area contributed by atoms with Gasteiger partial charge in [0.05, 0.1) is 5.02 Å². The van der Waals surface area contributed by atoms with Gasteiger partial charge in [-0.05, 0) is 36.9 Å². The number of benzene rings is 2. The Hall–Kier alpha value is -1.95. The first-order valence-corrected chi connectivity index (χ1v) is 9.64. The first kappa shape index (κ1) is 19.8. The summed E-state index contributed by atoms with van der Waals surface area (Å²) < 4.78 is 5.48. The van der Waals surface area contributed by atoms with Crippen molar-refractivity contribution < 1.29 is 9.53 Å². The molecule has 0 aliphatic carbocycles. The number of para-hydroxylation sites is 1. The Bertz CT molecular complexity index is 793. The summed E-state index contributed by atoms with van der Waals surface area (Å²) in [5.74, 6) is 0.239. The standard InChI is InChI=1S/C20H23Cl2N3O2/c1-24-8-10-25(11-9-24)18-5-3-2-4-15(18)13-23-20(26)14-27-19-7-6-16(21)12-17(19)22/h2-7,12H,8-11,13-14H2,1H3,(H,23,26). The minimum atomic E-state index is -0.200. The third kappa shape index (κ3) is 5.51. The summed E-state index contributed by atoms with van der Waals surface area (Å²) in [4.78, 5) is 16.9. The van der Waals surface area contributed by atoms with Crippen molar-refractivity contribution in [3.63, 3.8) is 0 Å². The molecule has 1 amide bonds. The van der Waals surface area contributed by atoms with Gasteiger partial charge in [0, 0.05) is 43.4 Å². The molecule has 7 heteroatoms. The van der Waals surface area contributed by atoms with Crippen LogP contribution in [0.5, 0.6) is 5.75 Å². The van der Waals surface area contributed by atoms with Crippen LogP contribution in [0.4, 0.5) is 5.69 Å². The van der Waals surface area contributed by atoms with Crippen LogP contribution < -0.4 is 15.0 Å². The van der Waals surface area contributed by atoms with E-state index >= 15 is 0 Å². The van der Waals surface area contributed by atoms with Crippen LogP contribution in [-0.2, 0) is 11.3 Å². The quantitative estimate of drug-likeness (QED) is 0.796. The van der Waals surface area contributed by atoms with Crippen LogP contribution >= 0.6 is 23.2 Å². The summed E-state index contributed by atoms with van der Waals surface area (Å²) in [5, 5.41) is 3.83. The second-order valence-corrected chi connectivity index (χ2v) is 7.40. The lowest BCUT2D eigenvalue weighted by Crippen LogP contribution is -2.45. The van der Waals surface area contributed by atoms with Crippen molar-refractivity contribution in [1.82, 2.24) is 10.2 Å². The molecule has 0 aromatic heterocycles. The number of amides is 1. The Morgan fingerprint density at radius 1 is 1.11 bits per heavy atom. The van der Waals surface area contributed by atoms with Crippen LogP contribution in [0.15, 0.2) is 42.5 Å². The molecule has 1 N–H and O–H groups in total. The van der Waals surface area contributed by atoms with Crippen LogP contribution in [0.3, 0.4) is 0 Å². The third-order valence-corrected chi connectivity index (χ3v) is 5.09. The highest BCUT2D eigenvalue weighted by molar-refractivity contribution is 6.35.